The fourth-order valence-corrected chi connectivity index (χ4v) is 7.91. The van der Waals surface area contributed by atoms with E-state index in [2.05, 4.69) is 4.90 Å². The van der Waals surface area contributed by atoms with Gasteiger partial charge < -0.3 is 19.6 Å². The van der Waals surface area contributed by atoms with Gasteiger partial charge in [0.15, 0.2) is 23.1 Å². The zero-order valence-corrected chi connectivity index (χ0v) is 21.7. The number of aromatic nitrogens is 1. The first kappa shape index (κ1) is 23.9. The van der Waals surface area contributed by atoms with Crippen molar-refractivity contribution in [2.75, 3.05) is 29.7 Å². The van der Waals surface area contributed by atoms with E-state index in [-0.39, 0.29) is 41.9 Å². The molecule has 3 saturated heterocycles. The van der Waals surface area contributed by atoms with Gasteiger partial charge in [-0.05, 0) is 49.3 Å². The first-order valence-electron chi connectivity index (χ1n) is 13.9. The quantitative estimate of drug-likeness (QED) is 0.501. The van der Waals surface area contributed by atoms with E-state index in [0.717, 1.165) is 43.0 Å². The van der Waals surface area contributed by atoms with Crippen LogP contribution in [0.2, 0.25) is 0 Å². The highest BCUT2D eigenvalue weighted by Gasteiger charge is 2.54. The minimum Gasteiger partial charge on any atom is -0.502 e. The molecule has 6 aliphatic rings. The zero-order valence-electron chi connectivity index (χ0n) is 21.7. The van der Waals surface area contributed by atoms with E-state index < -0.39 is 34.9 Å². The Morgan fingerprint density at radius 2 is 1.75 bits per heavy atom. The number of anilines is 1. The van der Waals surface area contributed by atoms with Gasteiger partial charge in [0.2, 0.25) is 5.43 Å². The standard InChI is InChI=1S/C30H28F2N4O4/c31-20-10-9-19-24(25(20)32)22-15-40-14-13-33(22)21-4-2-1-3-18(21)26(19)36-29-16-5-7-17(8-6-16)35(29)30(39)27-28(38)23(37)11-12-34(27)36/h1-4,9-12,16-17,22,26,29,38H,5-8,13-15H2. The topological polar surface area (TPSA) is 78.2 Å². The average Bonchev–Trinajstić information content (AvgIpc) is 3.10. The van der Waals surface area contributed by atoms with E-state index in [0.29, 0.717) is 18.7 Å². The summed E-state index contributed by atoms with van der Waals surface area (Å²) in [6.07, 6.45) is 4.70. The first-order valence-corrected chi connectivity index (χ1v) is 13.9. The number of pyridine rings is 1. The number of para-hydroxylation sites is 1. The fraction of sp³-hybridized carbons (Fsp3) is 0.400. The highest BCUT2D eigenvalue weighted by molar-refractivity contribution is 5.97. The lowest BCUT2D eigenvalue weighted by molar-refractivity contribution is -0.0247. The van der Waals surface area contributed by atoms with Crippen molar-refractivity contribution >= 4 is 11.6 Å². The molecule has 2 bridgehead atoms. The Bertz CT molecular complexity index is 1620. The molecule has 3 aromatic rings. The summed E-state index contributed by atoms with van der Waals surface area (Å²) < 4.78 is 38.2. The van der Waals surface area contributed by atoms with Crippen LogP contribution in [0.5, 0.6) is 5.75 Å². The van der Waals surface area contributed by atoms with Gasteiger partial charge >= 0.3 is 0 Å². The second kappa shape index (κ2) is 8.54. The van der Waals surface area contributed by atoms with Crippen molar-refractivity contribution < 1.29 is 23.4 Å². The van der Waals surface area contributed by atoms with Crippen molar-refractivity contribution in [2.45, 2.75) is 50.0 Å². The molecule has 2 aromatic carbocycles. The van der Waals surface area contributed by atoms with E-state index in [4.69, 9.17) is 4.74 Å². The van der Waals surface area contributed by atoms with E-state index in [9.17, 15) is 19.1 Å². The number of rotatable bonds is 1. The Kier molecular flexibility index (Phi) is 5.11. The maximum Gasteiger partial charge on any atom is 0.278 e. The van der Waals surface area contributed by atoms with Crippen LogP contribution in [0.3, 0.4) is 0 Å². The predicted molar refractivity (Wildman–Crippen MR) is 142 cm³/mol. The molecule has 10 heteroatoms. The summed E-state index contributed by atoms with van der Waals surface area (Å²) >= 11 is 0. The summed E-state index contributed by atoms with van der Waals surface area (Å²) in [6, 6.07) is 10.7. The highest BCUT2D eigenvalue weighted by Crippen LogP contribution is 2.51. The normalized spacial score (nSPS) is 28.3. The van der Waals surface area contributed by atoms with Gasteiger partial charge in [-0.25, -0.2) is 8.78 Å². The number of piperidine rings is 2. The second-order valence-corrected chi connectivity index (χ2v) is 11.4. The lowest BCUT2D eigenvalue weighted by Crippen LogP contribution is -2.70. The number of carbonyl (C=O) groups is 1. The zero-order chi connectivity index (χ0) is 27.3. The highest BCUT2D eigenvalue weighted by atomic mass is 19.2. The Hall–Kier alpha value is -3.92. The lowest BCUT2D eigenvalue weighted by atomic mass is 9.76. The van der Waals surface area contributed by atoms with Gasteiger partial charge in [0.05, 0.1) is 19.3 Å². The SMILES string of the molecule is O=C1c2c(O)c(=O)ccn2N(C2c3ccccc3N3CCOCC3c3c2ccc(F)c3F)C2C3CCC(CC3)N12. The van der Waals surface area contributed by atoms with Gasteiger partial charge in [-0.3, -0.25) is 19.3 Å². The van der Waals surface area contributed by atoms with Crippen LogP contribution < -0.4 is 15.3 Å². The molecule has 1 aromatic heterocycles. The number of benzene rings is 2. The van der Waals surface area contributed by atoms with E-state index in [1.54, 1.807) is 10.7 Å². The van der Waals surface area contributed by atoms with Gasteiger partial charge in [0, 0.05) is 41.7 Å². The van der Waals surface area contributed by atoms with Gasteiger partial charge in [0.25, 0.3) is 5.91 Å². The number of carbonyl (C=O) groups excluding carboxylic acids is 1. The van der Waals surface area contributed by atoms with Crippen LogP contribution in [0.1, 0.15) is 64.9 Å². The van der Waals surface area contributed by atoms with Crippen LogP contribution in [0.4, 0.5) is 14.5 Å². The Morgan fingerprint density at radius 1 is 0.950 bits per heavy atom. The van der Waals surface area contributed by atoms with Crippen molar-refractivity contribution in [1.82, 2.24) is 9.58 Å². The molecule has 1 amide bonds. The number of hydrogen-bond donors (Lipinski definition) is 1. The predicted octanol–water partition coefficient (Wildman–Crippen LogP) is 3.81. The second-order valence-electron chi connectivity index (χ2n) is 11.4. The van der Waals surface area contributed by atoms with E-state index >= 15 is 4.39 Å². The van der Waals surface area contributed by atoms with E-state index in [1.165, 1.54) is 12.3 Å². The van der Waals surface area contributed by atoms with Crippen molar-refractivity contribution in [3.63, 3.8) is 0 Å². The maximum atomic E-state index is 15.9. The number of morpholine rings is 1. The molecular formula is C30H28F2N4O4. The first-order chi connectivity index (χ1) is 19.5. The van der Waals surface area contributed by atoms with Crippen LogP contribution in [0.25, 0.3) is 0 Å². The van der Waals surface area contributed by atoms with Crippen molar-refractivity contribution in [3.8, 4) is 5.75 Å². The number of aromatic hydroxyl groups is 1. The Labute approximate surface area is 229 Å². The molecule has 206 valence electrons. The minimum atomic E-state index is -0.928. The third kappa shape index (κ3) is 3.08. The van der Waals surface area contributed by atoms with Crippen LogP contribution in [0, 0.1) is 17.6 Å². The lowest BCUT2D eigenvalue weighted by Gasteiger charge is -2.59. The summed E-state index contributed by atoms with van der Waals surface area (Å²) in [5, 5.41) is 13.0. The molecule has 6 heterocycles. The largest absolute Gasteiger partial charge is 0.502 e. The molecule has 1 aliphatic carbocycles. The fourth-order valence-electron chi connectivity index (χ4n) is 7.91. The van der Waals surface area contributed by atoms with Crippen molar-refractivity contribution in [2.24, 2.45) is 5.92 Å². The van der Waals surface area contributed by atoms with Crippen LogP contribution >= 0.6 is 0 Å². The average molecular weight is 547 g/mol. The number of fused-ring (bicyclic) bond motifs is 8. The third-order valence-electron chi connectivity index (χ3n) is 9.58. The number of halogens is 2. The smallest absolute Gasteiger partial charge is 0.278 e. The molecule has 3 unspecified atom stereocenters. The van der Waals surface area contributed by atoms with Crippen LogP contribution in [-0.4, -0.2) is 52.6 Å². The summed E-state index contributed by atoms with van der Waals surface area (Å²) in [7, 11) is 0. The van der Waals surface area contributed by atoms with Gasteiger partial charge in [0.1, 0.15) is 12.2 Å². The Balaban J connectivity index is 1.46. The number of ether oxygens (including phenoxy) is 1. The van der Waals surface area contributed by atoms with Crippen molar-refractivity contribution in [3.05, 3.63) is 92.9 Å². The molecule has 4 fully saturated rings. The van der Waals surface area contributed by atoms with E-state index in [1.807, 2.05) is 34.2 Å². The molecule has 9 rings (SSSR count). The van der Waals surface area contributed by atoms with Crippen molar-refractivity contribution in [1.29, 1.82) is 0 Å². The summed E-state index contributed by atoms with van der Waals surface area (Å²) in [6.45, 7) is 1.17. The molecule has 0 radical (unpaired) electrons. The summed E-state index contributed by atoms with van der Waals surface area (Å²) in [5.41, 5.74) is 1.83. The van der Waals surface area contributed by atoms with Gasteiger partial charge in [-0.15, -0.1) is 0 Å². The Morgan fingerprint density at radius 3 is 2.58 bits per heavy atom. The molecule has 1 saturated carbocycles. The molecule has 3 atom stereocenters. The van der Waals surface area contributed by atoms with Gasteiger partial charge in [-0.1, -0.05) is 24.3 Å². The monoisotopic (exact) mass is 546 g/mol. The number of amides is 1. The minimum absolute atomic E-state index is 0.0290. The molecule has 1 N–H and O–H groups in total. The van der Waals surface area contributed by atoms with Crippen LogP contribution in [0.15, 0.2) is 53.5 Å². The molecule has 5 aliphatic heterocycles. The molecule has 8 nitrogen and oxygen atoms in total. The summed E-state index contributed by atoms with van der Waals surface area (Å²) in [5.74, 6) is -2.67. The van der Waals surface area contributed by atoms with Gasteiger partial charge in [-0.2, -0.15) is 0 Å². The third-order valence-corrected chi connectivity index (χ3v) is 9.58. The molecule has 0 spiro atoms. The summed E-state index contributed by atoms with van der Waals surface area (Å²) in [4.78, 5) is 30.4. The maximum absolute atomic E-state index is 15.9. The van der Waals surface area contributed by atoms with Crippen LogP contribution in [-0.2, 0) is 4.74 Å². The number of hydrogen-bond acceptors (Lipinski definition) is 6. The molecule has 40 heavy (non-hydrogen) atoms. The molecular weight excluding hydrogens is 518 g/mol. The number of nitrogens with zero attached hydrogens (tertiary/aromatic N) is 4.